The molecule has 0 radical (unpaired) electrons. The summed E-state index contributed by atoms with van der Waals surface area (Å²) in [5, 5.41) is 0.484. The lowest BCUT2D eigenvalue weighted by Crippen LogP contribution is -2.02. The van der Waals surface area contributed by atoms with Crippen LogP contribution in [-0.4, -0.2) is 4.98 Å². The minimum atomic E-state index is -0.382. The Morgan fingerprint density at radius 2 is 2.00 bits per heavy atom. The first-order valence-corrected chi connectivity index (χ1v) is 5.43. The van der Waals surface area contributed by atoms with E-state index in [0.29, 0.717) is 10.9 Å². The lowest BCUT2D eigenvalue weighted by molar-refractivity contribution is 0.491. The van der Waals surface area contributed by atoms with Crippen molar-refractivity contribution in [3.8, 4) is 0 Å². The number of benzene rings is 1. The number of fused-ring (bicyclic) bond motifs is 1. The maximum absolute atomic E-state index is 11.7. The van der Waals surface area contributed by atoms with Crippen LogP contribution in [0.3, 0.4) is 0 Å². The predicted octanol–water partition coefficient (Wildman–Crippen LogP) is 2.95. The third kappa shape index (κ3) is 1.96. The minimum absolute atomic E-state index is 0.278. The van der Waals surface area contributed by atoms with Gasteiger partial charge >= 0.3 is 5.63 Å². The van der Waals surface area contributed by atoms with Crippen LogP contribution >= 0.6 is 0 Å². The molecule has 0 amide bonds. The second kappa shape index (κ2) is 4.33. The number of para-hydroxylation sites is 1. The van der Waals surface area contributed by atoms with Gasteiger partial charge in [0.1, 0.15) is 0 Å². The molecule has 4 nitrogen and oxygen atoms in total. The smallest absolute Gasteiger partial charge is 0.347 e. The van der Waals surface area contributed by atoms with Crippen LogP contribution in [-0.2, 0) is 0 Å². The lowest BCUT2D eigenvalue weighted by Gasteiger charge is -1.96. The van der Waals surface area contributed by atoms with Crippen molar-refractivity contribution in [1.82, 2.24) is 4.98 Å². The van der Waals surface area contributed by atoms with Crippen LogP contribution < -0.4 is 5.63 Å². The van der Waals surface area contributed by atoms with Gasteiger partial charge in [0, 0.05) is 11.6 Å². The summed E-state index contributed by atoms with van der Waals surface area (Å²) in [6.07, 6.45) is 6.57. The molecule has 88 valence electrons. The Bertz CT molecular complexity index is 754. The fourth-order valence-corrected chi connectivity index (χ4v) is 1.64. The number of furan rings is 1. The Labute approximate surface area is 102 Å². The highest BCUT2D eigenvalue weighted by Gasteiger charge is 2.02. The molecule has 3 aromatic rings. The summed E-state index contributed by atoms with van der Waals surface area (Å²) < 4.78 is 10.0. The molecule has 0 fully saturated rings. The van der Waals surface area contributed by atoms with E-state index in [1.54, 1.807) is 48.9 Å². The molecule has 0 aliphatic carbocycles. The molecule has 3 rings (SSSR count). The van der Waals surface area contributed by atoms with Crippen LogP contribution in [0, 0.1) is 0 Å². The van der Waals surface area contributed by atoms with E-state index in [1.165, 1.54) is 0 Å². The van der Waals surface area contributed by atoms with Crippen LogP contribution in [0.4, 0.5) is 0 Å². The number of nitrogens with zero attached hydrogens (tertiary/aromatic N) is 1. The van der Waals surface area contributed by atoms with Crippen molar-refractivity contribution in [3.63, 3.8) is 0 Å². The molecule has 0 N–H and O–H groups in total. The third-order valence-electron chi connectivity index (χ3n) is 2.51. The Balaban J connectivity index is 2.06. The zero-order valence-corrected chi connectivity index (χ0v) is 9.37. The number of hydrogen-bond acceptors (Lipinski definition) is 4. The molecule has 2 heterocycles. The van der Waals surface area contributed by atoms with Crippen LogP contribution in [0.2, 0.25) is 0 Å². The standard InChI is InChI=1S/C14H9NO3/c16-14-11-3-1-2-4-12(11)15-13(18-14)6-5-10-7-8-17-9-10/h1-9H/b6-5+. The summed E-state index contributed by atoms with van der Waals surface area (Å²) in [6.45, 7) is 0. The molecular formula is C14H9NO3. The highest BCUT2D eigenvalue weighted by molar-refractivity contribution is 5.78. The van der Waals surface area contributed by atoms with Gasteiger partial charge in [0.25, 0.3) is 0 Å². The maximum atomic E-state index is 11.7. The molecule has 0 spiro atoms. The van der Waals surface area contributed by atoms with Crippen molar-refractivity contribution >= 4 is 23.1 Å². The van der Waals surface area contributed by atoms with Crippen molar-refractivity contribution in [1.29, 1.82) is 0 Å². The monoisotopic (exact) mass is 239 g/mol. The first-order chi connectivity index (χ1) is 8.83. The largest absolute Gasteiger partial charge is 0.472 e. The van der Waals surface area contributed by atoms with Crippen LogP contribution in [0.1, 0.15) is 11.5 Å². The SMILES string of the molecule is O=c1oc(/C=C/c2ccoc2)nc2ccccc12. The third-order valence-corrected chi connectivity index (χ3v) is 2.51. The average molecular weight is 239 g/mol. The molecule has 0 saturated carbocycles. The molecule has 18 heavy (non-hydrogen) atoms. The zero-order valence-electron chi connectivity index (χ0n) is 9.37. The predicted molar refractivity (Wildman–Crippen MR) is 67.9 cm³/mol. The molecular weight excluding hydrogens is 230 g/mol. The molecule has 0 aliphatic heterocycles. The zero-order chi connectivity index (χ0) is 12.4. The molecule has 0 bridgehead atoms. The van der Waals surface area contributed by atoms with Crippen molar-refractivity contribution in [2.45, 2.75) is 0 Å². The van der Waals surface area contributed by atoms with Gasteiger partial charge in [-0.25, -0.2) is 9.78 Å². The van der Waals surface area contributed by atoms with E-state index in [2.05, 4.69) is 4.98 Å². The molecule has 0 unspecified atom stereocenters. The Morgan fingerprint density at radius 3 is 2.83 bits per heavy atom. The number of rotatable bonds is 2. The van der Waals surface area contributed by atoms with E-state index in [-0.39, 0.29) is 11.5 Å². The summed E-state index contributed by atoms with van der Waals surface area (Å²) in [5.41, 5.74) is 1.13. The van der Waals surface area contributed by atoms with Gasteiger partial charge in [0.15, 0.2) is 0 Å². The molecule has 0 atom stereocenters. The molecule has 1 aromatic carbocycles. The molecule has 0 aliphatic rings. The summed E-state index contributed by atoms with van der Waals surface area (Å²) in [6, 6.07) is 8.88. The summed E-state index contributed by atoms with van der Waals surface area (Å²) in [7, 11) is 0. The van der Waals surface area contributed by atoms with Gasteiger partial charge in [-0.3, -0.25) is 0 Å². The summed E-state index contributed by atoms with van der Waals surface area (Å²) in [4.78, 5) is 16.0. The van der Waals surface area contributed by atoms with E-state index in [1.807, 2.05) is 6.07 Å². The van der Waals surface area contributed by atoms with E-state index in [9.17, 15) is 4.79 Å². The fourth-order valence-electron chi connectivity index (χ4n) is 1.64. The lowest BCUT2D eigenvalue weighted by atomic mass is 10.2. The van der Waals surface area contributed by atoms with Crippen LogP contribution in [0.25, 0.3) is 23.1 Å². The average Bonchev–Trinajstić information content (AvgIpc) is 2.90. The highest BCUT2D eigenvalue weighted by atomic mass is 16.4. The van der Waals surface area contributed by atoms with Crippen molar-refractivity contribution in [3.05, 3.63) is 64.7 Å². The van der Waals surface area contributed by atoms with Gasteiger partial charge in [-0.1, -0.05) is 12.1 Å². The van der Waals surface area contributed by atoms with Gasteiger partial charge in [0.05, 0.1) is 23.4 Å². The van der Waals surface area contributed by atoms with Crippen LogP contribution in [0.5, 0.6) is 0 Å². The van der Waals surface area contributed by atoms with Gasteiger partial charge in [0.2, 0.25) is 5.89 Å². The first-order valence-electron chi connectivity index (χ1n) is 5.43. The minimum Gasteiger partial charge on any atom is -0.472 e. The Hall–Kier alpha value is -2.62. The topological polar surface area (TPSA) is 56.2 Å². The van der Waals surface area contributed by atoms with E-state index >= 15 is 0 Å². The number of hydrogen-bond donors (Lipinski definition) is 0. The molecule has 2 aromatic heterocycles. The van der Waals surface area contributed by atoms with Crippen molar-refractivity contribution in [2.24, 2.45) is 0 Å². The first kappa shape index (κ1) is 10.5. The molecule has 0 saturated heterocycles. The normalized spacial score (nSPS) is 11.3. The second-order valence-electron chi connectivity index (χ2n) is 3.75. The van der Waals surface area contributed by atoms with E-state index in [0.717, 1.165) is 5.56 Å². The Kier molecular flexibility index (Phi) is 2.53. The maximum Gasteiger partial charge on any atom is 0.347 e. The van der Waals surface area contributed by atoms with E-state index in [4.69, 9.17) is 8.83 Å². The summed E-state index contributed by atoms with van der Waals surface area (Å²) >= 11 is 0. The van der Waals surface area contributed by atoms with Gasteiger partial charge in [-0.15, -0.1) is 0 Å². The second-order valence-corrected chi connectivity index (χ2v) is 3.75. The van der Waals surface area contributed by atoms with E-state index < -0.39 is 0 Å². The van der Waals surface area contributed by atoms with Gasteiger partial charge < -0.3 is 8.83 Å². The molecule has 4 heteroatoms. The van der Waals surface area contributed by atoms with Gasteiger partial charge in [-0.2, -0.15) is 0 Å². The van der Waals surface area contributed by atoms with Crippen molar-refractivity contribution < 1.29 is 8.83 Å². The van der Waals surface area contributed by atoms with Crippen molar-refractivity contribution in [2.75, 3.05) is 0 Å². The van der Waals surface area contributed by atoms with Gasteiger partial charge in [-0.05, 0) is 24.3 Å². The Morgan fingerprint density at radius 1 is 1.11 bits per heavy atom. The summed E-state index contributed by atoms with van der Waals surface area (Å²) in [5.74, 6) is 0.278. The quantitative estimate of drug-likeness (QED) is 0.689. The number of aromatic nitrogens is 1. The highest BCUT2D eigenvalue weighted by Crippen LogP contribution is 2.10. The fraction of sp³-hybridized carbons (Fsp3) is 0. The van der Waals surface area contributed by atoms with Crippen LogP contribution in [0.15, 0.2) is 56.5 Å².